The first-order valence-corrected chi connectivity index (χ1v) is 3.85. The van der Waals surface area contributed by atoms with Crippen molar-refractivity contribution >= 4 is 0 Å². The standard InChI is InChI=1S/C8H11NO2/c10-6-1-2-8-7(5-6)9-3-4-11-8/h5,9-10H,1-4H2. The van der Waals surface area contributed by atoms with Gasteiger partial charge in [0.25, 0.3) is 0 Å². The van der Waals surface area contributed by atoms with Gasteiger partial charge in [-0.05, 0) is 0 Å². The zero-order valence-corrected chi connectivity index (χ0v) is 6.26. The van der Waals surface area contributed by atoms with Gasteiger partial charge in [0.1, 0.15) is 12.4 Å². The van der Waals surface area contributed by atoms with Gasteiger partial charge in [0.05, 0.1) is 11.5 Å². The lowest BCUT2D eigenvalue weighted by Crippen LogP contribution is -2.27. The van der Waals surface area contributed by atoms with E-state index in [1.807, 2.05) is 0 Å². The van der Waals surface area contributed by atoms with Crippen LogP contribution in [-0.2, 0) is 4.74 Å². The van der Waals surface area contributed by atoms with Crippen LogP contribution >= 0.6 is 0 Å². The second kappa shape index (κ2) is 2.49. The molecule has 2 rings (SSSR count). The van der Waals surface area contributed by atoms with Gasteiger partial charge in [-0.2, -0.15) is 0 Å². The van der Waals surface area contributed by atoms with Gasteiger partial charge >= 0.3 is 0 Å². The van der Waals surface area contributed by atoms with Gasteiger partial charge in [-0.25, -0.2) is 0 Å². The molecule has 0 radical (unpaired) electrons. The highest BCUT2D eigenvalue weighted by Crippen LogP contribution is 2.23. The number of aliphatic hydroxyl groups excluding tert-OH is 1. The summed E-state index contributed by atoms with van der Waals surface area (Å²) in [7, 11) is 0. The summed E-state index contributed by atoms with van der Waals surface area (Å²) in [6, 6.07) is 0. The number of rotatable bonds is 0. The van der Waals surface area contributed by atoms with Crippen LogP contribution < -0.4 is 5.32 Å². The third-order valence-electron chi connectivity index (χ3n) is 1.91. The number of hydrogen-bond acceptors (Lipinski definition) is 3. The summed E-state index contributed by atoms with van der Waals surface area (Å²) in [6.07, 6.45) is 3.28. The predicted octanol–water partition coefficient (Wildman–Crippen LogP) is 1.05. The second-order valence-corrected chi connectivity index (χ2v) is 2.75. The van der Waals surface area contributed by atoms with Gasteiger partial charge in [0.2, 0.25) is 0 Å². The molecule has 0 bridgehead atoms. The summed E-state index contributed by atoms with van der Waals surface area (Å²) < 4.78 is 5.39. The number of ether oxygens (including phenoxy) is 1. The fraction of sp³-hybridized carbons (Fsp3) is 0.500. The van der Waals surface area contributed by atoms with Crippen molar-refractivity contribution in [2.45, 2.75) is 12.8 Å². The molecule has 2 N–H and O–H groups in total. The van der Waals surface area contributed by atoms with Crippen molar-refractivity contribution in [1.82, 2.24) is 5.32 Å². The first kappa shape index (κ1) is 6.58. The highest BCUT2D eigenvalue weighted by molar-refractivity contribution is 5.28. The van der Waals surface area contributed by atoms with Crippen molar-refractivity contribution in [2.75, 3.05) is 13.2 Å². The summed E-state index contributed by atoms with van der Waals surface area (Å²) in [6.45, 7) is 1.58. The Hall–Kier alpha value is -1.12. The molecule has 11 heavy (non-hydrogen) atoms. The van der Waals surface area contributed by atoms with Crippen LogP contribution in [-0.4, -0.2) is 18.3 Å². The van der Waals surface area contributed by atoms with E-state index in [1.54, 1.807) is 6.08 Å². The van der Waals surface area contributed by atoms with Crippen LogP contribution in [0, 0.1) is 0 Å². The molecule has 0 aromatic heterocycles. The number of nitrogens with one attached hydrogen (secondary N) is 1. The Bertz CT molecular complexity index is 230. The molecule has 1 aliphatic heterocycles. The van der Waals surface area contributed by atoms with Crippen molar-refractivity contribution in [2.24, 2.45) is 0 Å². The molecule has 1 heterocycles. The second-order valence-electron chi connectivity index (χ2n) is 2.75. The van der Waals surface area contributed by atoms with Crippen LogP contribution in [0.5, 0.6) is 0 Å². The molecule has 2 aliphatic rings. The van der Waals surface area contributed by atoms with Gasteiger partial charge in [0, 0.05) is 25.5 Å². The maximum Gasteiger partial charge on any atom is 0.120 e. The predicted molar refractivity (Wildman–Crippen MR) is 40.9 cm³/mol. The van der Waals surface area contributed by atoms with E-state index in [4.69, 9.17) is 4.74 Å². The summed E-state index contributed by atoms with van der Waals surface area (Å²) in [5.74, 6) is 1.44. The first-order chi connectivity index (χ1) is 5.36. The average Bonchev–Trinajstić information content (AvgIpc) is 2.04. The Morgan fingerprint density at radius 3 is 3.27 bits per heavy atom. The normalized spacial score (nSPS) is 23.1. The smallest absolute Gasteiger partial charge is 0.120 e. The minimum atomic E-state index is 0.446. The molecule has 3 nitrogen and oxygen atoms in total. The van der Waals surface area contributed by atoms with E-state index in [2.05, 4.69) is 5.32 Å². The quantitative estimate of drug-likeness (QED) is 0.546. The van der Waals surface area contributed by atoms with E-state index in [9.17, 15) is 5.11 Å². The largest absolute Gasteiger partial charge is 0.512 e. The van der Waals surface area contributed by atoms with Crippen LogP contribution in [0.2, 0.25) is 0 Å². The molecule has 0 unspecified atom stereocenters. The van der Waals surface area contributed by atoms with Crippen molar-refractivity contribution in [3.63, 3.8) is 0 Å². The monoisotopic (exact) mass is 153 g/mol. The van der Waals surface area contributed by atoms with Gasteiger partial charge in [0.15, 0.2) is 0 Å². The van der Waals surface area contributed by atoms with Gasteiger partial charge in [-0.15, -0.1) is 0 Å². The van der Waals surface area contributed by atoms with E-state index < -0.39 is 0 Å². The summed E-state index contributed by atoms with van der Waals surface area (Å²) >= 11 is 0. The average molecular weight is 153 g/mol. The van der Waals surface area contributed by atoms with Crippen molar-refractivity contribution in [1.29, 1.82) is 0 Å². The maximum absolute atomic E-state index is 9.18. The molecule has 60 valence electrons. The Morgan fingerprint density at radius 2 is 2.36 bits per heavy atom. The molecule has 0 aromatic rings. The van der Waals surface area contributed by atoms with Crippen molar-refractivity contribution in [3.05, 3.63) is 23.3 Å². The lowest BCUT2D eigenvalue weighted by Gasteiger charge is -2.24. The molecule has 0 fully saturated rings. The fourth-order valence-electron chi connectivity index (χ4n) is 1.36. The van der Waals surface area contributed by atoms with E-state index in [1.165, 1.54) is 0 Å². The van der Waals surface area contributed by atoms with E-state index >= 15 is 0 Å². The number of allylic oxidation sites excluding steroid dienone is 3. The molecule has 0 saturated heterocycles. The van der Waals surface area contributed by atoms with Crippen LogP contribution in [0.25, 0.3) is 0 Å². The van der Waals surface area contributed by atoms with E-state index in [0.717, 1.165) is 31.0 Å². The lowest BCUT2D eigenvalue weighted by molar-refractivity contribution is 0.177. The lowest BCUT2D eigenvalue weighted by atomic mass is 10.1. The minimum absolute atomic E-state index is 0.446. The van der Waals surface area contributed by atoms with Gasteiger partial charge < -0.3 is 15.2 Å². The van der Waals surface area contributed by atoms with Gasteiger partial charge in [-0.3, -0.25) is 0 Å². The highest BCUT2D eigenvalue weighted by atomic mass is 16.5. The number of hydrogen-bond donors (Lipinski definition) is 2. The highest BCUT2D eigenvalue weighted by Gasteiger charge is 2.16. The number of aliphatic hydroxyl groups is 1. The molecule has 3 heteroatoms. The SMILES string of the molecule is OC1=CC2=C(CC1)OCCN2. The molecule has 0 saturated carbocycles. The Labute approximate surface area is 65.4 Å². The van der Waals surface area contributed by atoms with Crippen molar-refractivity contribution < 1.29 is 9.84 Å². The topological polar surface area (TPSA) is 41.5 Å². The molecular weight excluding hydrogens is 142 g/mol. The van der Waals surface area contributed by atoms with Crippen LogP contribution in [0.3, 0.4) is 0 Å². The molecule has 0 atom stereocenters. The van der Waals surface area contributed by atoms with Crippen LogP contribution in [0.1, 0.15) is 12.8 Å². The third kappa shape index (κ3) is 1.18. The zero-order chi connectivity index (χ0) is 7.68. The Balaban J connectivity index is 2.25. The van der Waals surface area contributed by atoms with Crippen LogP contribution in [0.15, 0.2) is 23.3 Å². The molecule has 0 aromatic carbocycles. The van der Waals surface area contributed by atoms with Crippen molar-refractivity contribution in [3.8, 4) is 0 Å². The van der Waals surface area contributed by atoms with Crippen LogP contribution in [0.4, 0.5) is 0 Å². The third-order valence-corrected chi connectivity index (χ3v) is 1.91. The van der Waals surface area contributed by atoms with E-state index in [0.29, 0.717) is 12.2 Å². The molecule has 1 aliphatic carbocycles. The summed E-state index contributed by atoms with van der Waals surface area (Å²) in [4.78, 5) is 0. The minimum Gasteiger partial charge on any atom is -0.512 e. The Kier molecular flexibility index (Phi) is 1.49. The zero-order valence-electron chi connectivity index (χ0n) is 6.26. The fourth-order valence-corrected chi connectivity index (χ4v) is 1.36. The maximum atomic E-state index is 9.18. The first-order valence-electron chi connectivity index (χ1n) is 3.85. The summed E-state index contributed by atoms with van der Waals surface area (Å²) in [5.41, 5.74) is 0.958. The Morgan fingerprint density at radius 1 is 1.45 bits per heavy atom. The molecule has 0 spiro atoms. The summed E-state index contributed by atoms with van der Waals surface area (Å²) in [5, 5.41) is 12.3. The van der Waals surface area contributed by atoms with E-state index in [-0.39, 0.29) is 0 Å². The molecular formula is C8H11NO2. The molecule has 0 amide bonds. The van der Waals surface area contributed by atoms with Gasteiger partial charge in [-0.1, -0.05) is 0 Å².